The minimum atomic E-state index is 0.188. The van der Waals surface area contributed by atoms with Gasteiger partial charge in [-0.1, -0.05) is 37.3 Å². The Kier molecular flexibility index (Phi) is 3.76. The predicted molar refractivity (Wildman–Crippen MR) is 78.6 cm³/mol. The molecule has 4 nitrogen and oxygen atoms in total. The van der Waals surface area contributed by atoms with Gasteiger partial charge in [0.15, 0.2) is 5.82 Å². The van der Waals surface area contributed by atoms with Gasteiger partial charge in [-0.3, -0.25) is 4.57 Å². The number of hydrogen-bond donors (Lipinski definition) is 0. The number of ether oxygens (including phenoxy) is 1. The van der Waals surface area contributed by atoms with Crippen molar-refractivity contribution >= 4 is 11.6 Å². The third kappa shape index (κ3) is 2.72. The van der Waals surface area contributed by atoms with E-state index in [1.54, 1.807) is 0 Å². The molecule has 3 rings (SSSR count). The van der Waals surface area contributed by atoms with Gasteiger partial charge in [0.2, 0.25) is 5.28 Å². The lowest BCUT2D eigenvalue weighted by molar-refractivity contribution is 0.0157. The van der Waals surface area contributed by atoms with Crippen LogP contribution in [0, 0.1) is 5.41 Å². The summed E-state index contributed by atoms with van der Waals surface area (Å²) in [7, 11) is 0. The third-order valence-corrected chi connectivity index (χ3v) is 4.26. The molecule has 0 aliphatic carbocycles. The molecule has 0 bridgehead atoms. The summed E-state index contributed by atoms with van der Waals surface area (Å²) in [5, 5.41) is 8.72. The van der Waals surface area contributed by atoms with Crippen LogP contribution in [0.3, 0.4) is 0 Å². The van der Waals surface area contributed by atoms with Gasteiger partial charge in [0.1, 0.15) is 0 Å². The second-order valence-corrected chi connectivity index (χ2v) is 6.01. The highest BCUT2D eigenvalue weighted by Crippen LogP contribution is 2.34. The van der Waals surface area contributed by atoms with Crippen molar-refractivity contribution < 1.29 is 4.74 Å². The first-order chi connectivity index (χ1) is 9.68. The van der Waals surface area contributed by atoms with Crippen LogP contribution < -0.4 is 0 Å². The van der Waals surface area contributed by atoms with Crippen molar-refractivity contribution in [3.8, 4) is 11.4 Å². The Morgan fingerprint density at radius 2 is 1.90 bits per heavy atom. The van der Waals surface area contributed by atoms with E-state index >= 15 is 0 Å². The topological polar surface area (TPSA) is 39.9 Å². The number of benzene rings is 1. The highest BCUT2D eigenvalue weighted by atomic mass is 35.5. The fourth-order valence-electron chi connectivity index (χ4n) is 2.63. The maximum atomic E-state index is 6.23. The standard InChI is InChI=1S/C15H18ClN3O/c1-15(7-9-20-10-8-15)11-19-13(17-18-14(19)16)12-5-3-2-4-6-12/h2-6H,7-11H2,1H3. The zero-order valence-corrected chi connectivity index (χ0v) is 12.3. The average molecular weight is 292 g/mol. The Balaban J connectivity index is 1.92. The fraction of sp³-hybridized carbons (Fsp3) is 0.467. The van der Waals surface area contributed by atoms with E-state index < -0.39 is 0 Å². The molecule has 5 heteroatoms. The summed E-state index contributed by atoms with van der Waals surface area (Å²) in [6, 6.07) is 10.1. The van der Waals surface area contributed by atoms with Crippen molar-refractivity contribution in [2.75, 3.05) is 13.2 Å². The van der Waals surface area contributed by atoms with Crippen molar-refractivity contribution in [3.05, 3.63) is 35.6 Å². The summed E-state index contributed by atoms with van der Waals surface area (Å²) < 4.78 is 7.47. The van der Waals surface area contributed by atoms with Crippen molar-refractivity contribution in [1.82, 2.24) is 14.8 Å². The molecule has 1 aliphatic heterocycles. The second kappa shape index (κ2) is 5.54. The lowest BCUT2D eigenvalue weighted by Crippen LogP contribution is -2.31. The number of halogens is 1. The largest absolute Gasteiger partial charge is 0.381 e. The normalized spacial score (nSPS) is 18.1. The van der Waals surface area contributed by atoms with Gasteiger partial charge in [0.25, 0.3) is 0 Å². The number of aromatic nitrogens is 3. The molecule has 0 saturated carbocycles. The zero-order chi connectivity index (χ0) is 14.0. The summed E-state index contributed by atoms with van der Waals surface area (Å²) >= 11 is 6.23. The van der Waals surface area contributed by atoms with Gasteiger partial charge in [-0.15, -0.1) is 10.2 Å². The molecule has 2 heterocycles. The molecule has 1 aliphatic rings. The van der Waals surface area contributed by atoms with Crippen LogP contribution in [0.4, 0.5) is 0 Å². The van der Waals surface area contributed by atoms with E-state index in [0.717, 1.165) is 44.0 Å². The van der Waals surface area contributed by atoms with E-state index in [1.807, 2.05) is 34.9 Å². The second-order valence-electron chi connectivity index (χ2n) is 5.67. The van der Waals surface area contributed by atoms with Crippen LogP contribution in [0.2, 0.25) is 5.28 Å². The van der Waals surface area contributed by atoms with Gasteiger partial charge in [0, 0.05) is 25.3 Å². The van der Waals surface area contributed by atoms with Crippen LogP contribution in [0.1, 0.15) is 19.8 Å². The number of hydrogen-bond acceptors (Lipinski definition) is 3. The zero-order valence-electron chi connectivity index (χ0n) is 11.6. The minimum Gasteiger partial charge on any atom is -0.381 e. The van der Waals surface area contributed by atoms with Crippen LogP contribution in [-0.4, -0.2) is 28.0 Å². The number of nitrogens with zero attached hydrogens (tertiary/aromatic N) is 3. The highest BCUT2D eigenvalue weighted by Gasteiger charge is 2.30. The van der Waals surface area contributed by atoms with E-state index in [9.17, 15) is 0 Å². The summed E-state index contributed by atoms with van der Waals surface area (Å²) in [4.78, 5) is 0. The third-order valence-electron chi connectivity index (χ3n) is 3.98. The first-order valence-electron chi connectivity index (χ1n) is 6.90. The predicted octanol–water partition coefficient (Wildman–Crippen LogP) is 3.42. The van der Waals surface area contributed by atoms with Crippen LogP contribution in [0.5, 0.6) is 0 Å². The van der Waals surface area contributed by atoms with Gasteiger partial charge in [-0.2, -0.15) is 0 Å². The molecule has 1 fully saturated rings. The maximum absolute atomic E-state index is 6.23. The summed E-state index contributed by atoms with van der Waals surface area (Å²) in [5.74, 6) is 0.836. The van der Waals surface area contributed by atoms with Crippen molar-refractivity contribution in [1.29, 1.82) is 0 Å². The van der Waals surface area contributed by atoms with Gasteiger partial charge < -0.3 is 4.74 Å². The van der Waals surface area contributed by atoms with Crippen LogP contribution >= 0.6 is 11.6 Å². The molecule has 1 aromatic carbocycles. The fourth-order valence-corrected chi connectivity index (χ4v) is 2.81. The van der Waals surface area contributed by atoms with E-state index in [0.29, 0.717) is 5.28 Å². The molecule has 20 heavy (non-hydrogen) atoms. The highest BCUT2D eigenvalue weighted by molar-refractivity contribution is 6.28. The van der Waals surface area contributed by atoms with E-state index in [2.05, 4.69) is 17.1 Å². The van der Waals surface area contributed by atoms with Gasteiger partial charge in [-0.05, 0) is 29.9 Å². The molecule has 0 amide bonds. The molecule has 0 atom stereocenters. The lowest BCUT2D eigenvalue weighted by Gasteiger charge is -2.34. The van der Waals surface area contributed by atoms with Gasteiger partial charge in [-0.25, -0.2) is 0 Å². The van der Waals surface area contributed by atoms with E-state index in [-0.39, 0.29) is 5.41 Å². The molecular formula is C15H18ClN3O. The maximum Gasteiger partial charge on any atom is 0.225 e. The van der Waals surface area contributed by atoms with Crippen molar-refractivity contribution in [2.24, 2.45) is 5.41 Å². The summed E-state index contributed by atoms with van der Waals surface area (Å²) in [5.41, 5.74) is 1.23. The van der Waals surface area contributed by atoms with Gasteiger partial charge in [0.05, 0.1) is 0 Å². The molecule has 2 aromatic rings. The molecule has 0 N–H and O–H groups in total. The van der Waals surface area contributed by atoms with Crippen molar-refractivity contribution in [2.45, 2.75) is 26.3 Å². The molecule has 1 aromatic heterocycles. The van der Waals surface area contributed by atoms with Crippen LogP contribution in [0.15, 0.2) is 30.3 Å². The minimum absolute atomic E-state index is 0.188. The summed E-state index contributed by atoms with van der Waals surface area (Å²) in [6.07, 6.45) is 2.07. The van der Waals surface area contributed by atoms with Gasteiger partial charge >= 0.3 is 0 Å². The quantitative estimate of drug-likeness (QED) is 0.870. The lowest BCUT2D eigenvalue weighted by atomic mass is 9.82. The Labute approximate surface area is 123 Å². The Hall–Kier alpha value is -1.39. The van der Waals surface area contributed by atoms with E-state index in [1.165, 1.54) is 0 Å². The molecule has 0 radical (unpaired) electrons. The first kappa shape index (κ1) is 13.6. The van der Waals surface area contributed by atoms with E-state index in [4.69, 9.17) is 16.3 Å². The molecule has 106 valence electrons. The monoisotopic (exact) mass is 291 g/mol. The Morgan fingerprint density at radius 1 is 1.20 bits per heavy atom. The first-order valence-corrected chi connectivity index (χ1v) is 7.28. The SMILES string of the molecule is CC1(Cn2c(Cl)nnc2-c2ccccc2)CCOCC1. The Bertz CT molecular complexity index is 576. The molecule has 0 spiro atoms. The van der Waals surface area contributed by atoms with Crippen LogP contribution in [0.25, 0.3) is 11.4 Å². The molecular weight excluding hydrogens is 274 g/mol. The number of rotatable bonds is 3. The molecule has 1 saturated heterocycles. The van der Waals surface area contributed by atoms with Crippen LogP contribution in [-0.2, 0) is 11.3 Å². The summed E-state index contributed by atoms with van der Waals surface area (Å²) in [6.45, 7) is 4.74. The average Bonchev–Trinajstić information content (AvgIpc) is 2.81. The Morgan fingerprint density at radius 3 is 2.60 bits per heavy atom. The van der Waals surface area contributed by atoms with Crippen molar-refractivity contribution in [3.63, 3.8) is 0 Å². The molecule has 0 unspecified atom stereocenters. The smallest absolute Gasteiger partial charge is 0.225 e.